The molecule has 4 heteroatoms. The van der Waals surface area contributed by atoms with Gasteiger partial charge in [-0.1, -0.05) is 25.1 Å². The lowest BCUT2D eigenvalue weighted by molar-refractivity contribution is -0.120. The molecule has 2 rings (SSSR count). The Kier molecular flexibility index (Phi) is 4.56. The van der Waals surface area contributed by atoms with Crippen LogP contribution in [0, 0.1) is 5.92 Å². The van der Waals surface area contributed by atoms with Gasteiger partial charge in [0.1, 0.15) is 6.04 Å². The van der Waals surface area contributed by atoms with E-state index in [1.807, 2.05) is 49.3 Å². The number of anilines is 1. The maximum absolute atomic E-state index is 12.7. The van der Waals surface area contributed by atoms with Crippen LogP contribution in [0.3, 0.4) is 0 Å². The quantitative estimate of drug-likeness (QED) is 0.888. The van der Waals surface area contributed by atoms with E-state index in [0.29, 0.717) is 5.92 Å². The Labute approximate surface area is 115 Å². The third-order valence-electron chi connectivity index (χ3n) is 3.39. The molecule has 0 saturated carbocycles. The highest BCUT2D eigenvalue weighted by molar-refractivity contribution is 5.97. The molecule has 0 spiro atoms. The van der Waals surface area contributed by atoms with Crippen molar-refractivity contribution in [3.8, 4) is 0 Å². The molecule has 1 aromatic carbocycles. The van der Waals surface area contributed by atoms with Gasteiger partial charge in [0.25, 0.3) is 0 Å². The molecule has 1 saturated heterocycles. The highest BCUT2D eigenvalue weighted by Gasteiger charge is 2.30. The van der Waals surface area contributed by atoms with Crippen LogP contribution in [0.4, 0.5) is 5.69 Å². The van der Waals surface area contributed by atoms with Gasteiger partial charge in [0.05, 0.1) is 0 Å². The summed E-state index contributed by atoms with van der Waals surface area (Å²) in [6.45, 7) is 4.57. The van der Waals surface area contributed by atoms with Gasteiger partial charge in [-0.15, -0.1) is 0 Å². The molecule has 1 aliphatic rings. The Morgan fingerprint density at radius 1 is 1.32 bits per heavy atom. The molecular formula is C15H23N3O. The number of amides is 1. The van der Waals surface area contributed by atoms with Crippen molar-refractivity contribution >= 4 is 11.6 Å². The number of hydrogen-bond donors (Lipinski definition) is 1. The zero-order valence-corrected chi connectivity index (χ0v) is 12.0. The average Bonchev–Trinajstić information content (AvgIpc) is 2.52. The lowest BCUT2D eigenvalue weighted by Gasteiger charge is -2.26. The van der Waals surface area contributed by atoms with Gasteiger partial charge in [0, 0.05) is 25.3 Å². The molecule has 1 aromatic rings. The molecule has 4 nitrogen and oxygen atoms in total. The molecule has 19 heavy (non-hydrogen) atoms. The first-order valence-corrected chi connectivity index (χ1v) is 6.82. The molecule has 1 N–H and O–H groups in total. The second-order valence-electron chi connectivity index (χ2n) is 5.61. The Morgan fingerprint density at radius 3 is 2.63 bits per heavy atom. The van der Waals surface area contributed by atoms with Crippen molar-refractivity contribution in [1.29, 1.82) is 0 Å². The number of nitrogens with zero attached hydrogens (tertiary/aromatic N) is 2. The second-order valence-corrected chi connectivity index (χ2v) is 5.61. The number of para-hydroxylation sites is 1. The van der Waals surface area contributed by atoms with Crippen LogP contribution >= 0.6 is 0 Å². The monoisotopic (exact) mass is 261 g/mol. The maximum atomic E-state index is 12.7. The van der Waals surface area contributed by atoms with Gasteiger partial charge < -0.3 is 15.1 Å². The normalized spacial score (nSPS) is 24.6. The molecule has 1 amide bonds. The van der Waals surface area contributed by atoms with Gasteiger partial charge in [0.2, 0.25) is 5.91 Å². The predicted molar refractivity (Wildman–Crippen MR) is 78.3 cm³/mol. The minimum atomic E-state index is -0.125. The minimum Gasteiger partial charge on any atom is -0.311 e. The number of rotatable bonds is 3. The van der Waals surface area contributed by atoms with E-state index in [0.717, 1.165) is 25.3 Å². The van der Waals surface area contributed by atoms with Crippen molar-refractivity contribution < 1.29 is 4.79 Å². The predicted octanol–water partition coefficient (Wildman–Crippen LogP) is 1.19. The van der Waals surface area contributed by atoms with E-state index in [1.54, 1.807) is 0 Å². The summed E-state index contributed by atoms with van der Waals surface area (Å²) in [5, 5.41) is 3.38. The molecule has 2 unspecified atom stereocenters. The van der Waals surface area contributed by atoms with Gasteiger partial charge in [-0.2, -0.15) is 0 Å². The summed E-state index contributed by atoms with van der Waals surface area (Å²) < 4.78 is 0. The van der Waals surface area contributed by atoms with E-state index in [1.165, 1.54) is 0 Å². The zero-order valence-electron chi connectivity index (χ0n) is 12.0. The largest absolute Gasteiger partial charge is 0.311 e. The van der Waals surface area contributed by atoms with Crippen molar-refractivity contribution in [3.05, 3.63) is 30.3 Å². The summed E-state index contributed by atoms with van der Waals surface area (Å²) >= 11 is 0. The van der Waals surface area contributed by atoms with Gasteiger partial charge in [-0.3, -0.25) is 4.79 Å². The second kappa shape index (κ2) is 6.17. The Morgan fingerprint density at radius 2 is 2.00 bits per heavy atom. The summed E-state index contributed by atoms with van der Waals surface area (Å²) in [7, 11) is 3.99. The third kappa shape index (κ3) is 3.55. The zero-order chi connectivity index (χ0) is 13.8. The summed E-state index contributed by atoms with van der Waals surface area (Å²) in [6.07, 6.45) is 0. The van der Waals surface area contributed by atoms with Gasteiger partial charge in [-0.05, 0) is 32.1 Å². The van der Waals surface area contributed by atoms with Crippen molar-refractivity contribution in [3.63, 3.8) is 0 Å². The molecule has 1 fully saturated rings. The first kappa shape index (κ1) is 14.0. The van der Waals surface area contributed by atoms with Crippen LogP contribution in [-0.4, -0.2) is 50.6 Å². The summed E-state index contributed by atoms with van der Waals surface area (Å²) in [5.74, 6) is 0.626. The number of nitrogens with one attached hydrogen (secondary N) is 1. The summed E-state index contributed by atoms with van der Waals surface area (Å²) in [6, 6.07) is 9.81. The molecule has 2 atom stereocenters. The standard InChI is InChI=1S/C15H23N3O/c1-12-9-16-14(11-17(2)3)15(19)18(10-12)13-7-5-4-6-8-13/h4-8,12,14,16H,9-11H2,1-3H3. The fourth-order valence-electron chi connectivity index (χ4n) is 2.43. The lowest BCUT2D eigenvalue weighted by atomic mass is 10.1. The van der Waals surface area contributed by atoms with Crippen molar-refractivity contribution in [2.45, 2.75) is 13.0 Å². The lowest BCUT2D eigenvalue weighted by Crippen LogP contribution is -2.49. The number of benzene rings is 1. The van der Waals surface area contributed by atoms with Crippen LogP contribution in [0.25, 0.3) is 0 Å². The highest BCUT2D eigenvalue weighted by Crippen LogP contribution is 2.18. The summed E-state index contributed by atoms with van der Waals surface area (Å²) in [5.41, 5.74) is 0.992. The minimum absolute atomic E-state index is 0.125. The van der Waals surface area contributed by atoms with Gasteiger partial charge in [-0.25, -0.2) is 0 Å². The molecule has 0 aromatic heterocycles. The molecule has 0 bridgehead atoms. The van der Waals surface area contributed by atoms with E-state index in [-0.39, 0.29) is 11.9 Å². The molecule has 0 aliphatic carbocycles. The van der Waals surface area contributed by atoms with Crippen LogP contribution < -0.4 is 10.2 Å². The van der Waals surface area contributed by atoms with Crippen LogP contribution in [0.1, 0.15) is 6.92 Å². The van der Waals surface area contributed by atoms with E-state index in [9.17, 15) is 4.79 Å². The smallest absolute Gasteiger partial charge is 0.245 e. The van der Waals surface area contributed by atoms with Crippen LogP contribution in [0.5, 0.6) is 0 Å². The SMILES string of the molecule is CC1CNC(CN(C)C)C(=O)N(c2ccccc2)C1. The topological polar surface area (TPSA) is 35.6 Å². The van der Waals surface area contributed by atoms with E-state index in [4.69, 9.17) is 0 Å². The Bertz CT molecular complexity index is 419. The van der Waals surface area contributed by atoms with Crippen LogP contribution in [0.2, 0.25) is 0 Å². The first-order chi connectivity index (χ1) is 9.08. The maximum Gasteiger partial charge on any atom is 0.245 e. The van der Waals surface area contributed by atoms with Crippen LogP contribution in [0.15, 0.2) is 30.3 Å². The Balaban J connectivity index is 2.22. The first-order valence-electron chi connectivity index (χ1n) is 6.82. The van der Waals surface area contributed by atoms with Gasteiger partial charge >= 0.3 is 0 Å². The molecule has 0 radical (unpaired) electrons. The number of carbonyl (C=O) groups excluding carboxylic acids is 1. The van der Waals surface area contributed by atoms with E-state index < -0.39 is 0 Å². The average molecular weight is 261 g/mol. The molecular weight excluding hydrogens is 238 g/mol. The molecule has 104 valence electrons. The van der Waals surface area contributed by atoms with Crippen molar-refractivity contribution in [2.24, 2.45) is 5.92 Å². The fourth-order valence-corrected chi connectivity index (χ4v) is 2.43. The Hall–Kier alpha value is -1.39. The fraction of sp³-hybridized carbons (Fsp3) is 0.533. The van der Waals surface area contributed by atoms with Crippen molar-refractivity contribution in [2.75, 3.05) is 38.6 Å². The number of likely N-dealkylation sites (N-methyl/N-ethyl adjacent to an activating group) is 1. The highest BCUT2D eigenvalue weighted by atomic mass is 16.2. The molecule has 1 aliphatic heterocycles. The number of hydrogen-bond acceptors (Lipinski definition) is 3. The van der Waals surface area contributed by atoms with E-state index in [2.05, 4.69) is 17.1 Å². The third-order valence-corrected chi connectivity index (χ3v) is 3.39. The number of carbonyl (C=O) groups is 1. The van der Waals surface area contributed by atoms with E-state index >= 15 is 0 Å². The summed E-state index contributed by atoms with van der Waals surface area (Å²) in [4.78, 5) is 16.6. The van der Waals surface area contributed by atoms with Gasteiger partial charge in [0.15, 0.2) is 0 Å². The van der Waals surface area contributed by atoms with Crippen LogP contribution in [-0.2, 0) is 4.79 Å². The molecule has 1 heterocycles. The van der Waals surface area contributed by atoms with Crippen molar-refractivity contribution in [1.82, 2.24) is 10.2 Å².